The van der Waals surface area contributed by atoms with Crippen LogP contribution in [0.1, 0.15) is 18.1 Å². The molecule has 0 bridgehead atoms. The van der Waals surface area contributed by atoms with Crippen molar-refractivity contribution in [3.05, 3.63) is 77.9 Å². The van der Waals surface area contributed by atoms with Crippen molar-refractivity contribution in [1.29, 1.82) is 0 Å². The molecule has 0 saturated carbocycles. The Morgan fingerprint density at radius 3 is 2.27 bits per heavy atom. The van der Waals surface area contributed by atoms with Gasteiger partial charge in [0.2, 0.25) is 0 Å². The van der Waals surface area contributed by atoms with Crippen LogP contribution in [-0.4, -0.2) is 6.61 Å². The van der Waals surface area contributed by atoms with Crippen molar-refractivity contribution in [1.82, 2.24) is 0 Å². The van der Waals surface area contributed by atoms with Gasteiger partial charge in [0.25, 0.3) is 0 Å². The molecule has 0 fully saturated rings. The Labute approximate surface area is 131 Å². The minimum atomic E-state index is 0.683. The van der Waals surface area contributed by atoms with Gasteiger partial charge in [0, 0.05) is 5.56 Å². The Morgan fingerprint density at radius 1 is 0.727 bits per heavy atom. The van der Waals surface area contributed by atoms with Gasteiger partial charge in [0.1, 0.15) is 5.75 Å². The van der Waals surface area contributed by atoms with E-state index in [2.05, 4.69) is 60.7 Å². The van der Waals surface area contributed by atoms with E-state index in [0.717, 1.165) is 12.2 Å². The van der Waals surface area contributed by atoms with Gasteiger partial charge in [-0.15, -0.1) is 0 Å². The van der Waals surface area contributed by atoms with Crippen LogP contribution in [0.25, 0.3) is 22.3 Å². The van der Waals surface area contributed by atoms with Crippen LogP contribution in [0.15, 0.2) is 66.7 Å². The molecule has 1 heteroatoms. The molecule has 0 unspecified atom stereocenters. The van der Waals surface area contributed by atoms with Gasteiger partial charge in [0.15, 0.2) is 0 Å². The average molecular weight is 286 g/mol. The quantitative estimate of drug-likeness (QED) is 0.495. The van der Waals surface area contributed by atoms with E-state index in [9.17, 15) is 0 Å². The van der Waals surface area contributed by atoms with Crippen molar-refractivity contribution < 1.29 is 4.74 Å². The monoisotopic (exact) mass is 286 g/mol. The highest BCUT2D eigenvalue weighted by Crippen LogP contribution is 2.44. The van der Waals surface area contributed by atoms with Crippen LogP contribution in [0.2, 0.25) is 0 Å². The maximum absolute atomic E-state index is 5.84. The summed E-state index contributed by atoms with van der Waals surface area (Å²) in [5.74, 6) is 0.961. The lowest BCUT2D eigenvalue weighted by Gasteiger charge is -2.14. The van der Waals surface area contributed by atoms with Crippen molar-refractivity contribution in [3.63, 3.8) is 0 Å². The Balaban J connectivity index is 1.96. The standard InChI is InChI=1S/C21H18O/c1-2-22-20-13-6-5-11-18(20)19-12-7-9-16-14-15-8-3-4-10-17(15)21(16)19/h3-13H,2,14H2,1H3. The zero-order valence-corrected chi connectivity index (χ0v) is 12.7. The van der Waals surface area contributed by atoms with Gasteiger partial charge in [-0.25, -0.2) is 0 Å². The number of ether oxygens (including phenoxy) is 1. The first-order valence-corrected chi connectivity index (χ1v) is 7.81. The molecule has 3 aromatic carbocycles. The van der Waals surface area contributed by atoms with E-state index in [0.29, 0.717) is 6.61 Å². The number of benzene rings is 3. The normalized spacial score (nSPS) is 11.9. The first-order valence-electron chi connectivity index (χ1n) is 7.81. The van der Waals surface area contributed by atoms with Gasteiger partial charge in [-0.3, -0.25) is 0 Å². The number of fused-ring (bicyclic) bond motifs is 3. The third-order valence-electron chi connectivity index (χ3n) is 4.30. The Morgan fingerprint density at radius 2 is 1.41 bits per heavy atom. The number of para-hydroxylation sites is 1. The van der Waals surface area contributed by atoms with E-state index in [1.807, 2.05) is 13.0 Å². The van der Waals surface area contributed by atoms with Crippen LogP contribution >= 0.6 is 0 Å². The van der Waals surface area contributed by atoms with E-state index in [-0.39, 0.29) is 0 Å². The molecular formula is C21H18O. The van der Waals surface area contributed by atoms with E-state index in [1.54, 1.807) is 0 Å². The molecule has 0 atom stereocenters. The molecule has 0 N–H and O–H groups in total. The van der Waals surface area contributed by atoms with Crippen molar-refractivity contribution >= 4 is 0 Å². The summed E-state index contributed by atoms with van der Waals surface area (Å²) in [5, 5.41) is 0. The van der Waals surface area contributed by atoms with Crippen LogP contribution in [0.4, 0.5) is 0 Å². The molecular weight excluding hydrogens is 268 g/mol. The highest BCUT2D eigenvalue weighted by molar-refractivity contribution is 5.91. The number of hydrogen-bond donors (Lipinski definition) is 0. The second-order valence-corrected chi connectivity index (χ2v) is 5.60. The van der Waals surface area contributed by atoms with Crippen LogP contribution in [-0.2, 0) is 6.42 Å². The first kappa shape index (κ1) is 13.1. The summed E-state index contributed by atoms with van der Waals surface area (Å²) in [6.07, 6.45) is 1.02. The molecule has 0 aromatic heterocycles. The summed E-state index contributed by atoms with van der Waals surface area (Å²) >= 11 is 0. The minimum Gasteiger partial charge on any atom is -0.493 e. The Hall–Kier alpha value is -2.54. The molecule has 0 heterocycles. The summed E-state index contributed by atoms with van der Waals surface area (Å²) in [7, 11) is 0. The Bertz CT molecular complexity index is 833. The predicted octanol–water partition coefficient (Wildman–Crippen LogP) is 5.32. The van der Waals surface area contributed by atoms with Gasteiger partial charge >= 0.3 is 0 Å². The fraction of sp³-hybridized carbons (Fsp3) is 0.143. The van der Waals surface area contributed by atoms with Gasteiger partial charge in [-0.05, 0) is 47.2 Å². The molecule has 1 aliphatic rings. The number of rotatable bonds is 3. The molecule has 0 spiro atoms. The highest BCUT2D eigenvalue weighted by atomic mass is 16.5. The first-order chi connectivity index (χ1) is 10.9. The molecule has 0 amide bonds. The van der Waals surface area contributed by atoms with Crippen molar-refractivity contribution in [2.45, 2.75) is 13.3 Å². The fourth-order valence-electron chi connectivity index (χ4n) is 3.38. The molecule has 0 saturated heterocycles. The molecule has 3 aromatic rings. The SMILES string of the molecule is CCOc1ccccc1-c1cccc2c1-c1ccccc1C2. The van der Waals surface area contributed by atoms with Crippen molar-refractivity contribution in [3.8, 4) is 28.0 Å². The molecule has 0 aliphatic heterocycles. The van der Waals surface area contributed by atoms with Crippen LogP contribution in [0.5, 0.6) is 5.75 Å². The lowest BCUT2D eigenvalue weighted by atomic mass is 9.94. The van der Waals surface area contributed by atoms with Crippen molar-refractivity contribution in [2.75, 3.05) is 6.61 Å². The third-order valence-corrected chi connectivity index (χ3v) is 4.30. The smallest absolute Gasteiger partial charge is 0.127 e. The van der Waals surface area contributed by atoms with Gasteiger partial charge in [0.05, 0.1) is 6.61 Å². The predicted molar refractivity (Wildman–Crippen MR) is 91.3 cm³/mol. The largest absolute Gasteiger partial charge is 0.493 e. The molecule has 0 radical (unpaired) electrons. The summed E-state index contributed by atoms with van der Waals surface area (Å²) in [6.45, 7) is 2.71. The molecule has 4 rings (SSSR count). The van der Waals surface area contributed by atoms with Gasteiger partial charge < -0.3 is 4.74 Å². The topological polar surface area (TPSA) is 9.23 Å². The lowest BCUT2D eigenvalue weighted by Crippen LogP contribution is -1.95. The fourth-order valence-corrected chi connectivity index (χ4v) is 3.38. The molecule has 1 aliphatic carbocycles. The molecule has 1 nitrogen and oxygen atoms in total. The third kappa shape index (κ3) is 2.01. The minimum absolute atomic E-state index is 0.683. The van der Waals surface area contributed by atoms with Crippen molar-refractivity contribution in [2.24, 2.45) is 0 Å². The van der Waals surface area contributed by atoms with E-state index >= 15 is 0 Å². The summed E-state index contributed by atoms with van der Waals surface area (Å²) in [6, 6.07) is 23.6. The summed E-state index contributed by atoms with van der Waals surface area (Å²) in [4.78, 5) is 0. The molecule has 22 heavy (non-hydrogen) atoms. The van der Waals surface area contributed by atoms with Gasteiger partial charge in [-0.2, -0.15) is 0 Å². The molecule has 108 valence electrons. The van der Waals surface area contributed by atoms with Gasteiger partial charge in [-0.1, -0.05) is 60.7 Å². The second-order valence-electron chi connectivity index (χ2n) is 5.60. The van der Waals surface area contributed by atoms with E-state index in [1.165, 1.54) is 33.4 Å². The summed E-state index contributed by atoms with van der Waals surface area (Å²) < 4.78 is 5.84. The zero-order valence-electron chi connectivity index (χ0n) is 12.7. The number of hydrogen-bond acceptors (Lipinski definition) is 1. The van der Waals surface area contributed by atoms with Crippen LogP contribution in [0, 0.1) is 0 Å². The zero-order chi connectivity index (χ0) is 14.9. The van der Waals surface area contributed by atoms with Crippen LogP contribution in [0.3, 0.4) is 0 Å². The maximum atomic E-state index is 5.84. The highest BCUT2D eigenvalue weighted by Gasteiger charge is 2.22. The second kappa shape index (κ2) is 5.34. The lowest BCUT2D eigenvalue weighted by molar-refractivity contribution is 0.341. The van der Waals surface area contributed by atoms with E-state index < -0.39 is 0 Å². The Kier molecular flexibility index (Phi) is 3.19. The van der Waals surface area contributed by atoms with E-state index in [4.69, 9.17) is 4.74 Å². The van der Waals surface area contributed by atoms with Crippen LogP contribution < -0.4 is 4.74 Å². The average Bonchev–Trinajstić information content (AvgIpc) is 2.94. The maximum Gasteiger partial charge on any atom is 0.127 e. The summed E-state index contributed by atoms with van der Waals surface area (Å²) in [5.41, 5.74) is 8.00.